The number of aryl methyl sites for hydroxylation is 2. The molecule has 0 aliphatic carbocycles. The minimum absolute atomic E-state index is 0.135. The van der Waals surface area contributed by atoms with Crippen molar-refractivity contribution in [3.63, 3.8) is 0 Å². The van der Waals surface area contributed by atoms with Gasteiger partial charge in [-0.1, -0.05) is 12.1 Å². The van der Waals surface area contributed by atoms with Gasteiger partial charge in [0.1, 0.15) is 25.4 Å². The van der Waals surface area contributed by atoms with Gasteiger partial charge in [-0.15, -0.1) is 0 Å². The molecule has 0 saturated heterocycles. The number of aromatic nitrogens is 4. The fraction of sp³-hybridized carbons (Fsp3) is 0.500. The van der Waals surface area contributed by atoms with Crippen LogP contribution in [0.4, 0.5) is 0 Å². The van der Waals surface area contributed by atoms with E-state index < -0.39 is 58.3 Å². The van der Waals surface area contributed by atoms with Gasteiger partial charge in [0, 0.05) is 26.7 Å². The Morgan fingerprint density at radius 3 is 2.19 bits per heavy atom. The molecular formula is C26H32N4O11S. The molecule has 0 saturated carbocycles. The predicted molar refractivity (Wildman–Crippen MR) is 145 cm³/mol. The number of nitrogens with zero attached hydrogens (tertiary/aromatic N) is 4. The molecule has 15 nitrogen and oxygen atoms in total. The summed E-state index contributed by atoms with van der Waals surface area (Å²) in [5, 5.41) is 3.67. The van der Waals surface area contributed by atoms with Gasteiger partial charge in [-0.2, -0.15) is 13.4 Å². The molecule has 0 fully saturated rings. The number of rotatable bonds is 12. The highest BCUT2D eigenvalue weighted by Gasteiger charge is 2.33. The fourth-order valence-electron chi connectivity index (χ4n) is 4.04. The zero-order valence-corrected chi connectivity index (χ0v) is 25.0. The molecule has 0 unspecified atom stereocenters. The first-order chi connectivity index (χ1) is 19.6. The number of hydrogen-bond donors (Lipinski definition) is 0. The van der Waals surface area contributed by atoms with Crippen LogP contribution in [0.3, 0.4) is 0 Å². The first kappa shape index (κ1) is 32.3. The summed E-state index contributed by atoms with van der Waals surface area (Å²) in [6.45, 7) is 7.88. The number of hydrogen-bond acceptors (Lipinski definition) is 14. The molecule has 0 aliphatic heterocycles. The number of esters is 3. The van der Waals surface area contributed by atoms with E-state index in [1.54, 1.807) is 19.1 Å². The Balaban J connectivity index is 2.14. The lowest BCUT2D eigenvalue weighted by molar-refractivity contribution is -0.167. The maximum Gasteiger partial charge on any atom is 0.303 e. The van der Waals surface area contributed by atoms with Gasteiger partial charge in [0.2, 0.25) is 0 Å². The second kappa shape index (κ2) is 13.2. The molecule has 16 heteroatoms. The van der Waals surface area contributed by atoms with Crippen LogP contribution >= 0.6 is 0 Å². The second-order valence-electron chi connectivity index (χ2n) is 9.74. The second-order valence-corrected chi connectivity index (χ2v) is 11.4. The maximum atomic E-state index is 13.9. The topological polar surface area (TPSA) is 196 Å². The van der Waals surface area contributed by atoms with Crippen molar-refractivity contribution in [2.24, 2.45) is 5.92 Å². The highest BCUT2D eigenvalue weighted by Crippen LogP contribution is 2.24. The lowest BCUT2D eigenvalue weighted by Gasteiger charge is -2.30. The lowest BCUT2D eigenvalue weighted by Crippen LogP contribution is -2.42. The number of fused-ring (bicyclic) bond motifs is 1. The largest absolute Gasteiger partial charge is 0.462 e. The summed E-state index contributed by atoms with van der Waals surface area (Å²) in [5.74, 6) is -3.07. The van der Waals surface area contributed by atoms with Crippen molar-refractivity contribution < 1.29 is 45.7 Å². The van der Waals surface area contributed by atoms with E-state index in [1.165, 1.54) is 25.3 Å². The van der Waals surface area contributed by atoms with Gasteiger partial charge < -0.3 is 23.3 Å². The summed E-state index contributed by atoms with van der Waals surface area (Å²) in [7, 11) is -3.79. The molecule has 0 radical (unpaired) electrons. The molecule has 3 rings (SSSR count). The molecule has 3 aromatic rings. The van der Waals surface area contributed by atoms with E-state index in [4.69, 9.17) is 18.7 Å². The normalized spacial score (nSPS) is 13.8. The predicted octanol–water partition coefficient (Wildman–Crippen LogP) is 1.60. The number of carbonyl (C=O) groups is 3. The number of benzene rings is 1. The first-order valence-corrected chi connectivity index (χ1v) is 14.5. The van der Waals surface area contributed by atoms with Crippen LogP contribution in [0.15, 0.2) is 21.5 Å². The van der Waals surface area contributed by atoms with Gasteiger partial charge in [-0.25, -0.2) is 4.98 Å². The van der Waals surface area contributed by atoms with Crippen molar-refractivity contribution >= 4 is 39.1 Å². The zero-order valence-electron chi connectivity index (χ0n) is 24.2. The fourth-order valence-corrected chi connectivity index (χ4v) is 4.35. The third kappa shape index (κ3) is 8.42. The molecular weight excluding hydrogens is 576 g/mol. The first-order valence-electron chi connectivity index (χ1n) is 12.7. The monoisotopic (exact) mass is 608 g/mol. The van der Waals surface area contributed by atoms with Crippen molar-refractivity contribution in [2.45, 2.75) is 66.9 Å². The summed E-state index contributed by atoms with van der Waals surface area (Å²) >= 11 is 0. The van der Waals surface area contributed by atoms with Crippen LogP contribution in [0.2, 0.25) is 0 Å². The average molecular weight is 609 g/mol. The minimum atomic E-state index is -3.79. The highest BCUT2D eigenvalue weighted by atomic mass is 32.2. The maximum absolute atomic E-state index is 13.9. The Morgan fingerprint density at radius 2 is 1.60 bits per heavy atom. The van der Waals surface area contributed by atoms with Gasteiger partial charge in [0.05, 0.1) is 23.8 Å². The van der Waals surface area contributed by atoms with E-state index in [0.717, 1.165) is 17.4 Å². The van der Waals surface area contributed by atoms with E-state index in [9.17, 15) is 27.6 Å². The van der Waals surface area contributed by atoms with E-state index in [0.29, 0.717) is 11.0 Å². The average Bonchev–Trinajstić information content (AvgIpc) is 3.35. The van der Waals surface area contributed by atoms with Gasteiger partial charge in [0.15, 0.2) is 11.5 Å². The van der Waals surface area contributed by atoms with Crippen LogP contribution < -0.4 is 5.56 Å². The Labute approximate surface area is 241 Å². The van der Waals surface area contributed by atoms with E-state index in [-0.39, 0.29) is 30.6 Å². The number of carbonyl (C=O) groups excluding carboxylic acids is 3. The third-order valence-corrected chi connectivity index (χ3v) is 6.80. The summed E-state index contributed by atoms with van der Waals surface area (Å²) in [6.07, 6.45) is -1.18. The van der Waals surface area contributed by atoms with E-state index in [2.05, 4.69) is 19.3 Å². The molecule has 42 heavy (non-hydrogen) atoms. The van der Waals surface area contributed by atoms with Crippen molar-refractivity contribution in [3.8, 4) is 11.6 Å². The van der Waals surface area contributed by atoms with E-state index in [1.807, 2.05) is 13.8 Å². The highest BCUT2D eigenvalue weighted by molar-refractivity contribution is 7.85. The van der Waals surface area contributed by atoms with Crippen molar-refractivity contribution in [1.82, 2.24) is 19.7 Å². The summed E-state index contributed by atoms with van der Waals surface area (Å²) in [5.41, 5.74) is 1.59. The van der Waals surface area contributed by atoms with Crippen LogP contribution in [0, 0.1) is 19.8 Å². The summed E-state index contributed by atoms with van der Waals surface area (Å²) < 4.78 is 49.9. The van der Waals surface area contributed by atoms with Crippen LogP contribution in [0.1, 0.15) is 44.6 Å². The molecule has 2 heterocycles. The molecule has 3 atom stereocenters. The van der Waals surface area contributed by atoms with Crippen molar-refractivity contribution in [1.29, 1.82) is 0 Å². The van der Waals surface area contributed by atoms with Gasteiger partial charge >= 0.3 is 17.9 Å². The number of ether oxygens (including phenoxy) is 3. The molecule has 0 N–H and O–H groups in total. The van der Waals surface area contributed by atoms with Gasteiger partial charge in [-0.3, -0.25) is 23.4 Å². The quantitative estimate of drug-likeness (QED) is 0.163. The van der Waals surface area contributed by atoms with Crippen LogP contribution in [-0.2, 0) is 56.0 Å². The summed E-state index contributed by atoms with van der Waals surface area (Å²) in [6, 6.07) is 3.50. The zero-order chi connectivity index (χ0) is 31.4. The molecule has 0 bridgehead atoms. The van der Waals surface area contributed by atoms with E-state index >= 15 is 0 Å². The van der Waals surface area contributed by atoms with Crippen LogP contribution in [0.5, 0.6) is 0 Å². The molecule has 228 valence electrons. The van der Waals surface area contributed by atoms with Crippen LogP contribution in [0.25, 0.3) is 22.6 Å². The van der Waals surface area contributed by atoms with Crippen molar-refractivity contribution in [3.05, 3.63) is 39.4 Å². The Bertz CT molecular complexity index is 1660. The van der Waals surface area contributed by atoms with Crippen LogP contribution in [-0.4, -0.2) is 71.1 Å². The Kier molecular flexibility index (Phi) is 10.2. The molecule has 1 aromatic carbocycles. The summed E-state index contributed by atoms with van der Waals surface area (Å²) in [4.78, 5) is 57.8. The van der Waals surface area contributed by atoms with Gasteiger partial charge in [0.25, 0.3) is 21.6 Å². The minimum Gasteiger partial charge on any atom is -0.462 e. The SMILES string of the molecule is CC(=O)OC[C@@H](OC(C)=O)[C@@H](C)[C@H](Cn1c(=O)c(-c2nc(COS(C)(=O)=O)no2)nc2cc(C)c(C)cc21)OC(C)=O. The van der Waals surface area contributed by atoms with Gasteiger partial charge in [-0.05, 0) is 37.1 Å². The molecule has 0 amide bonds. The Hall–Kier alpha value is -4.18. The molecule has 2 aromatic heterocycles. The molecule has 0 spiro atoms. The Morgan fingerprint density at radius 1 is 0.976 bits per heavy atom. The lowest BCUT2D eigenvalue weighted by atomic mass is 9.97. The third-order valence-electron chi connectivity index (χ3n) is 6.26. The standard InChI is InChI=1S/C26H32N4O11S/c1-13-8-19-20(9-14(13)2)30(26(34)24(27-19)25-28-23(29-41-25)12-38-42(7,35)36)10-21(39-17(5)32)15(3)22(40-18(6)33)11-37-16(4)31/h8-9,15,21-22H,10-12H2,1-7H3/t15-,21-,22+/m0/s1. The molecule has 0 aliphatic rings. The van der Waals surface area contributed by atoms with Crippen molar-refractivity contribution in [2.75, 3.05) is 12.9 Å². The smallest absolute Gasteiger partial charge is 0.303 e.